The highest BCUT2D eigenvalue weighted by molar-refractivity contribution is 5.81. The molecule has 64 valence electrons. The molecule has 0 aliphatic carbocycles. The quantitative estimate of drug-likeness (QED) is 0.528. The van der Waals surface area contributed by atoms with Gasteiger partial charge in [0.1, 0.15) is 5.75 Å². The molecule has 0 aromatic heterocycles. The molecule has 12 heavy (non-hydrogen) atoms. The van der Waals surface area contributed by atoms with Gasteiger partial charge in [-0.25, -0.2) is 0 Å². The predicted octanol–water partition coefficient (Wildman–Crippen LogP) is 1.64. The molecular formula is C9H11NO2. The number of rotatable bonds is 3. The molecule has 0 bridgehead atoms. The molecule has 0 heterocycles. The Morgan fingerprint density at radius 3 is 2.92 bits per heavy atom. The van der Waals surface area contributed by atoms with Crippen molar-refractivity contribution in [1.29, 1.82) is 0 Å². The third-order valence-electron chi connectivity index (χ3n) is 1.54. The average Bonchev–Trinajstić information content (AvgIpc) is 2.09. The fourth-order valence-corrected chi connectivity index (χ4v) is 0.963. The Bertz CT molecular complexity index is 284. The molecule has 2 N–H and O–H groups in total. The minimum atomic E-state index is 0.0200. The van der Waals surface area contributed by atoms with Gasteiger partial charge in [-0.15, -0.1) is 0 Å². The van der Waals surface area contributed by atoms with Crippen LogP contribution in [0.4, 0.5) is 5.69 Å². The van der Waals surface area contributed by atoms with Gasteiger partial charge in [-0.1, -0.05) is 0 Å². The first-order valence-corrected chi connectivity index (χ1v) is 3.80. The fraction of sp³-hybridized carbons (Fsp3) is 0.222. The molecule has 3 nitrogen and oxygen atoms in total. The van der Waals surface area contributed by atoms with Crippen molar-refractivity contribution in [3.8, 4) is 5.75 Å². The van der Waals surface area contributed by atoms with E-state index in [1.54, 1.807) is 12.1 Å². The maximum absolute atomic E-state index is 10.4. The second-order valence-electron chi connectivity index (χ2n) is 2.42. The number of nitrogens with one attached hydrogen (secondary N) is 1. The number of phenolic OH excluding ortho intramolecular Hbond substituents is 1. The molecule has 1 aromatic rings. The molecule has 1 rings (SSSR count). The molecule has 0 radical (unpaired) electrons. The van der Waals surface area contributed by atoms with Gasteiger partial charge in [0.15, 0.2) is 6.29 Å². The number of carbonyl (C=O) groups excluding carboxylic acids is 1. The lowest BCUT2D eigenvalue weighted by Gasteiger charge is -2.03. The van der Waals surface area contributed by atoms with E-state index in [0.717, 1.165) is 12.2 Å². The standard InChI is InChI=1S/C9H11NO2/c1-2-10-8-3-4-9(12)7(5-8)6-11/h3-6,10,12H,2H2,1H3. The Morgan fingerprint density at radius 1 is 1.58 bits per heavy atom. The summed E-state index contributed by atoms with van der Waals surface area (Å²) in [6.07, 6.45) is 0.635. The number of anilines is 1. The van der Waals surface area contributed by atoms with Crippen molar-refractivity contribution in [1.82, 2.24) is 0 Å². The summed E-state index contributed by atoms with van der Waals surface area (Å²) >= 11 is 0. The molecule has 0 aliphatic rings. The first kappa shape index (κ1) is 8.59. The van der Waals surface area contributed by atoms with Gasteiger partial charge < -0.3 is 10.4 Å². The van der Waals surface area contributed by atoms with Gasteiger partial charge >= 0.3 is 0 Å². The van der Waals surface area contributed by atoms with E-state index in [4.69, 9.17) is 5.11 Å². The van der Waals surface area contributed by atoms with Crippen molar-refractivity contribution >= 4 is 12.0 Å². The van der Waals surface area contributed by atoms with Crippen LogP contribution in [0.5, 0.6) is 5.75 Å². The van der Waals surface area contributed by atoms with Gasteiger partial charge in [-0.2, -0.15) is 0 Å². The zero-order chi connectivity index (χ0) is 8.97. The second kappa shape index (κ2) is 3.76. The lowest BCUT2D eigenvalue weighted by molar-refractivity contribution is 0.112. The zero-order valence-corrected chi connectivity index (χ0v) is 6.87. The van der Waals surface area contributed by atoms with Crippen LogP contribution in [0.1, 0.15) is 17.3 Å². The Hall–Kier alpha value is -1.51. The molecule has 0 spiro atoms. The van der Waals surface area contributed by atoms with E-state index < -0.39 is 0 Å². The average molecular weight is 165 g/mol. The van der Waals surface area contributed by atoms with Crippen molar-refractivity contribution in [2.24, 2.45) is 0 Å². The van der Waals surface area contributed by atoms with Gasteiger partial charge in [0.05, 0.1) is 5.56 Å². The number of benzene rings is 1. The number of phenols is 1. The molecule has 0 saturated carbocycles. The lowest BCUT2D eigenvalue weighted by Crippen LogP contribution is -1.96. The highest BCUT2D eigenvalue weighted by Gasteiger charge is 1.99. The van der Waals surface area contributed by atoms with E-state index in [0.29, 0.717) is 11.8 Å². The summed E-state index contributed by atoms with van der Waals surface area (Å²) in [6, 6.07) is 4.85. The van der Waals surface area contributed by atoms with Crippen molar-refractivity contribution in [2.75, 3.05) is 11.9 Å². The van der Waals surface area contributed by atoms with E-state index >= 15 is 0 Å². The SMILES string of the molecule is CCNc1ccc(O)c(C=O)c1. The molecule has 0 aliphatic heterocycles. The first-order chi connectivity index (χ1) is 5.77. The highest BCUT2D eigenvalue weighted by atomic mass is 16.3. The maximum atomic E-state index is 10.4. The predicted molar refractivity (Wildman–Crippen MR) is 47.7 cm³/mol. The van der Waals surface area contributed by atoms with Crippen molar-refractivity contribution in [3.05, 3.63) is 23.8 Å². The summed E-state index contributed by atoms with van der Waals surface area (Å²) in [5.41, 5.74) is 1.16. The summed E-state index contributed by atoms with van der Waals surface area (Å²) in [4.78, 5) is 10.4. The van der Waals surface area contributed by atoms with Crippen LogP contribution < -0.4 is 5.32 Å². The summed E-state index contributed by atoms with van der Waals surface area (Å²) < 4.78 is 0. The van der Waals surface area contributed by atoms with Crippen LogP contribution in [0, 0.1) is 0 Å². The van der Waals surface area contributed by atoms with Crippen LogP contribution in [0.2, 0.25) is 0 Å². The molecule has 0 unspecified atom stereocenters. The third kappa shape index (κ3) is 1.75. The summed E-state index contributed by atoms with van der Waals surface area (Å²) in [6.45, 7) is 2.76. The molecular weight excluding hydrogens is 154 g/mol. The monoisotopic (exact) mass is 165 g/mol. The van der Waals surface area contributed by atoms with Gasteiger partial charge in [0.2, 0.25) is 0 Å². The minimum Gasteiger partial charge on any atom is -0.507 e. The van der Waals surface area contributed by atoms with E-state index in [9.17, 15) is 4.79 Å². The summed E-state index contributed by atoms with van der Waals surface area (Å²) in [5, 5.41) is 12.2. The first-order valence-electron chi connectivity index (χ1n) is 3.80. The van der Waals surface area contributed by atoms with Gasteiger partial charge in [-0.05, 0) is 25.1 Å². The lowest BCUT2D eigenvalue weighted by atomic mass is 10.2. The van der Waals surface area contributed by atoms with E-state index in [2.05, 4.69) is 5.32 Å². The number of aldehydes is 1. The van der Waals surface area contributed by atoms with Crippen molar-refractivity contribution in [3.63, 3.8) is 0 Å². The summed E-state index contributed by atoms with van der Waals surface area (Å²) in [7, 11) is 0. The molecule has 0 amide bonds. The minimum absolute atomic E-state index is 0.0200. The van der Waals surface area contributed by atoms with E-state index in [1.807, 2.05) is 6.92 Å². The van der Waals surface area contributed by atoms with Gasteiger partial charge in [-0.3, -0.25) is 4.79 Å². The van der Waals surface area contributed by atoms with E-state index in [1.165, 1.54) is 6.07 Å². The Labute approximate surface area is 71.0 Å². The smallest absolute Gasteiger partial charge is 0.153 e. The van der Waals surface area contributed by atoms with Crippen molar-refractivity contribution < 1.29 is 9.90 Å². The second-order valence-corrected chi connectivity index (χ2v) is 2.42. The third-order valence-corrected chi connectivity index (χ3v) is 1.54. The molecule has 0 saturated heterocycles. The van der Waals surface area contributed by atoms with Gasteiger partial charge in [0, 0.05) is 12.2 Å². The Kier molecular flexibility index (Phi) is 2.69. The molecule has 0 fully saturated rings. The van der Waals surface area contributed by atoms with Crippen LogP contribution in [0.3, 0.4) is 0 Å². The molecule has 3 heteroatoms. The molecule has 1 aromatic carbocycles. The topological polar surface area (TPSA) is 49.3 Å². The normalized spacial score (nSPS) is 9.42. The van der Waals surface area contributed by atoms with E-state index in [-0.39, 0.29) is 5.75 Å². The van der Waals surface area contributed by atoms with Crippen LogP contribution in [-0.2, 0) is 0 Å². The number of aromatic hydroxyl groups is 1. The van der Waals surface area contributed by atoms with Crippen LogP contribution in [0.25, 0.3) is 0 Å². The van der Waals surface area contributed by atoms with Crippen LogP contribution >= 0.6 is 0 Å². The zero-order valence-electron chi connectivity index (χ0n) is 6.87. The van der Waals surface area contributed by atoms with Crippen LogP contribution in [-0.4, -0.2) is 17.9 Å². The molecule has 0 atom stereocenters. The summed E-state index contributed by atoms with van der Waals surface area (Å²) in [5.74, 6) is 0.0200. The Balaban J connectivity index is 2.96. The Morgan fingerprint density at radius 2 is 2.33 bits per heavy atom. The van der Waals surface area contributed by atoms with Gasteiger partial charge in [0.25, 0.3) is 0 Å². The van der Waals surface area contributed by atoms with Crippen molar-refractivity contribution in [2.45, 2.75) is 6.92 Å². The fourth-order valence-electron chi connectivity index (χ4n) is 0.963. The number of hydrogen-bond acceptors (Lipinski definition) is 3. The highest BCUT2D eigenvalue weighted by Crippen LogP contribution is 2.19. The number of hydrogen-bond donors (Lipinski definition) is 2. The number of carbonyl (C=O) groups is 1. The maximum Gasteiger partial charge on any atom is 0.153 e. The largest absolute Gasteiger partial charge is 0.507 e. The van der Waals surface area contributed by atoms with Crippen LogP contribution in [0.15, 0.2) is 18.2 Å².